The van der Waals surface area contributed by atoms with Crippen LogP contribution in [0, 0.1) is 5.92 Å². The molecule has 2 N–H and O–H groups in total. The van der Waals surface area contributed by atoms with Crippen molar-refractivity contribution in [2.75, 3.05) is 13.1 Å². The highest BCUT2D eigenvalue weighted by Gasteiger charge is 2.42. The molecule has 1 amide bonds. The maximum atomic E-state index is 12.5. The van der Waals surface area contributed by atoms with Gasteiger partial charge in [-0.1, -0.05) is 0 Å². The Morgan fingerprint density at radius 2 is 1.95 bits per heavy atom. The van der Waals surface area contributed by atoms with Crippen LogP contribution < -0.4 is 0 Å². The summed E-state index contributed by atoms with van der Waals surface area (Å²) >= 11 is 0. The van der Waals surface area contributed by atoms with E-state index in [9.17, 15) is 22.8 Å². The van der Waals surface area contributed by atoms with E-state index in [2.05, 4.69) is 9.97 Å². The summed E-state index contributed by atoms with van der Waals surface area (Å²) in [6, 6.07) is 0. The minimum atomic E-state index is -4.26. The van der Waals surface area contributed by atoms with Crippen LogP contribution in [0.25, 0.3) is 0 Å². The number of amides is 1. The first-order valence-electron chi connectivity index (χ1n) is 5.93. The molecule has 0 bridgehead atoms. The average molecular weight is 291 g/mol. The van der Waals surface area contributed by atoms with Crippen LogP contribution >= 0.6 is 0 Å². The molecular weight excluding hydrogens is 279 g/mol. The van der Waals surface area contributed by atoms with Gasteiger partial charge >= 0.3 is 12.1 Å². The van der Waals surface area contributed by atoms with Crippen LogP contribution in [-0.2, 0) is 0 Å². The molecule has 110 valence electrons. The van der Waals surface area contributed by atoms with Crippen molar-refractivity contribution in [3.05, 3.63) is 17.7 Å². The zero-order valence-corrected chi connectivity index (χ0v) is 10.3. The molecule has 0 radical (unpaired) electrons. The van der Waals surface area contributed by atoms with E-state index < -0.39 is 24.0 Å². The second kappa shape index (κ2) is 5.14. The van der Waals surface area contributed by atoms with Gasteiger partial charge in [0.1, 0.15) is 0 Å². The fourth-order valence-electron chi connectivity index (χ4n) is 2.18. The molecule has 0 aromatic carbocycles. The lowest BCUT2D eigenvalue weighted by molar-refractivity contribution is -0.183. The lowest BCUT2D eigenvalue weighted by Gasteiger charge is -2.32. The number of nitrogens with zero attached hydrogens (tertiary/aromatic N) is 2. The second-order valence-electron chi connectivity index (χ2n) is 4.54. The van der Waals surface area contributed by atoms with E-state index in [1.807, 2.05) is 0 Å². The molecule has 1 fully saturated rings. The quantitative estimate of drug-likeness (QED) is 0.865. The Balaban J connectivity index is 2.05. The number of aromatic amines is 1. The van der Waals surface area contributed by atoms with Crippen LogP contribution in [0.1, 0.15) is 33.8 Å². The van der Waals surface area contributed by atoms with E-state index in [1.165, 1.54) is 4.90 Å². The number of carboxylic acids is 1. The van der Waals surface area contributed by atoms with Gasteiger partial charge in [0.25, 0.3) is 5.91 Å². The van der Waals surface area contributed by atoms with Crippen LogP contribution in [0.4, 0.5) is 13.2 Å². The molecular formula is C11H12F3N3O3. The number of aromatic carboxylic acids is 1. The highest BCUT2D eigenvalue weighted by atomic mass is 19.4. The van der Waals surface area contributed by atoms with E-state index in [4.69, 9.17) is 5.11 Å². The van der Waals surface area contributed by atoms with Gasteiger partial charge in [-0.25, -0.2) is 9.78 Å². The lowest BCUT2D eigenvalue weighted by atomic mass is 9.96. The molecule has 0 unspecified atom stereocenters. The third-order valence-corrected chi connectivity index (χ3v) is 3.30. The Morgan fingerprint density at radius 1 is 1.35 bits per heavy atom. The molecule has 1 aromatic heterocycles. The molecule has 20 heavy (non-hydrogen) atoms. The minimum absolute atomic E-state index is 0.0606. The number of hydrogen-bond acceptors (Lipinski definition) is 3. The van der Waals surface area contributed by atoms with Crippen molar-refractivity contribution in [3.8, 4) is 0 Å². The van der Waals surface area contributed by atoms with Gasteiger partial charge in [-0.3, -0.25) is 4.79 Å². The first-order chi connectivity index (χ1) is 9.30. The van der Waals surface area contributed by atoms with Gasteiger partial charge in [0.2, 0.25) is 0 Å². The number of rotatable bonds is 2. The van der Waals surface area contributed by atoms with Gasteiger partial charge in [-0.05, 0) is 12.8 Å². The molecule has 2 rings (SSSR count). The summed E-state index contributed by atoms with van der Waals surface area (Å²) in [5.41, 5.74) is -0.629. The number of likely N-dealkylation sites (tertiary alicyclic amines) is 1. The third kappa shape index (κ3) is 2.75. The normalized spacial score (nSPS) is 17.2. The summed E-state index contributed by atoms with van der Waals surface area (Å²) in [6.07, 6.45) is -3.54. The molecule has 0 atom stereocenters. The van der Waals surface area contributed by atoms with Crippen molar-refractivity contribution in [2.45, 2.75) is 19.0 Å². The zero-order chi connectivity index (χ0) is 14.9. The van der Waals surface area contributed by atoms with E-state index in [1.54, 1.807) is 0 Å². The van der Waals surface area contributed by atoms with Crippen molar-refractivity contribution in [1.29, 1.82) is 0 Å². The van der Waals surface area contributed by atoms with Crippen LogP contribution in [0.15, 0.2) is 6.33 Å². The number of piperidine rings is 1. The molecule has 1 aliphatic rings. The van der Waals surface area contributed by atoms with Gasteiger partial charge in [0.15, 0.2) is 11.4 Å². The highest BCUT2D eigenvalue weighted by Crippen LogP contribution is 2.34. The van der Waals surface area contributed by atoms with Gasteiger partial charge < -0.3 is 15.0 Å². The predicted octanol–water partition coefficient (Wildman–Crippen LogP) is 1.52. The fraction of sp³-hybridized carbons (Fsp3) is 0.545. The Labute approximate surface area is 111 Å². The van der Waals surface area contributed by atoms with Crippen molar-refractivity contribution in [3.63, 3.8) is 0 Å². The number of hydrogen-bond donors (Lipinski definition) is 2. The predicted molar refractivity (Wildman–Crippen MR) is 60.2 cm³/mol. The molecule has 1 aliphatic heterocycles. The maximum Gasteiger partial charge on any atom is 0.391 e. The topological polar surface area (TPSA) is 86.3 Å². The van der Waals surface area contributed by atoms with E-state index >= 15 is 0 Å². The lowest BCUT2D eigenvalue weighted by Crippen LogP contribution is -2.42. The van der Waals surface area contributed by atoms with Crippen molar-refractivity contribution in [1.82, 2.24) is 14.9 Å². The summed E-state index contributed by atoms with van der Waals surface area (Å²) in [4.78, 5) is 30.1. The molecule has 0 aliphatic carbocycles. The van der Waals surface area contributed by atoms with Gasteiger partial charge in [-0.2, -0.15) is 13.2 Å². The number of carboxylic acid groups (broad SMARTS) is 1. The Bertz CT molecular complexity index is 518. The van der Waals surface area contributed by atoms with E-state index in [0.29, 0.717) is 0 Å². The smallest absolute Gasteiger partial charge is 0.391 e. The Hall–Kier alpha value is -2.06. The molecule has 0 spiro atoms. The fourth-order valence-corrected chi connectivity index (χ4v) is 2.18. The summed E-state index contributed by atoms with van der Waals surface area (Å²) < 4.78 is 37.5. The van der Waals surface area contributed by atoms with E-state index in [-0.39, 0.29) is 37.3 Å². The third-order valence-electron chi connectivity index (χ3n) is 3.30. The summed E-state index contributed by atoms with van der Waals surface area (Å²) in [5, 5.41) is 8.86. The number of H-pyrrole nitrogens is 1. The molecule has 2 heterocycles. The minimum Gasteiger partial charge on any atom is -0.477 e. The summed E-state index contributed by atoms with van der Waals surface area (Å²) in [5.74, 6) is -3.41. The number of carbonyl (C=O) groups excluding carboxylic acids is 1. The van der Waals surface area contributed by atoms with Crippen molar-refractivity contribution < 1.29 is 27.9 Å². The molecule has 6 nitrogen and oxygen atoms in total. The van der Waals surface area contributed by atoms with Crippen molar-refractivity contribution >= 4 is 11.9 Å². The number of halogens is 3. The summed E-state index contributed by atoms with van der Waals surface area (Å²) in [6.45, 7) is -0.121. The highest BCUT2D eigenvalue weighted by molar-refractivity contribution is 6.02. The standard InChI is InChI=1S/C11H12F3N3O3/c12-11(13,14)6-1-3-17(4-2-6)9(18)7-8(10(19)20)16-5-15-7/h5-6H,1-4H2,(H,15,16)(H,19,20). The molecule has 1 saturated heterocycles. The Morgan fingerprint density at radius 3 is 2.45 bits per heavy atom. The number of alkyl halides is 3. The maximum absolute atomic E-state index is 12.5. The van der Waals surface area contributed by atoms with Gasteiger partial charge in [0.05, 0.1) is 12.2 Å². The van der Waals surface area contributed by atoms with Gasteiger partial charge in [0, 0.05) is 13.1 Å². The largest absolute Gasteiger partial charge is 0.477 e. The monoisotopic (exact) mass is 291 g/mol. The molecule has 1 aromatic rings. The molecule has 9 heteroatoms. The van der Waals surface area contributed by atoms with Crippen LogP contribution in [0.3, 0.4) is 0 Å². The second-order valence-corrected chi connectivity index (χ2v) is 4.54. The van der Waals surface area contributed by atoms with Crippen LogP contribution in [0.2, 0.25) is 0 Å². The number of imidazole rings is 1. The number of carbonyl (C=O) groups is 2. The number of aromatic nitrogens is 2. The van der Waals surface area contributed by atoms with Crippen LogP contribution in [0.5, 0.6) is 0 Å². The van der Waals surface area contributed by atoms with Crippen LogP contribution in [-0.4, -0.2) is 51.1 Å². The molecule has 0 saturated carbocycles. The van der Waals surface area contributed by atoms with Crippen molar-refractivity contribution in [2.24, 2.45) is 5.92 Å². The van der Waals surface area contributed by atoms with E-state index in [0.717, 1.165) is 6.33 Å². The zero-order valence-electron chi connectivity index (χ0n) is 10.3. The average Bonchev–Trinajstić information content (AvgIpc) is 2.86. The SMILES string of the molecule is O=C(O)c1[nH]cnc1C(=O)N1CCC(C(F)(F)F)CC1. The first-order valence-corrected chi connectivity index (χ1v) is 5.93. The van der Waals surface area contributed by atoms with Gasteiger partial charge in [-0.15, -0.1) is 0 Å². The number of nitrogens with one attached hydrogen (secondary N) is 1. The first kappa shape index (κ1) is 14.4. The Kier molecular flexibility index (Phi) is 3.69. The summed E-state index contributed by atoms with van der Waals surface area (Å²) in [7, 11) is 0.